The van der Waals surface area contributed by atoms with Crippen LogP contribution >= 0.6 is 11.6 Å². The Hall–Kier alpha value is -2.38. The van der Waals surface area contributed by atoms with Gasteiger partial charge in [-0.05, 0) is 49.1 Å². The summed E-state index contributed by atoms with van der Waals surface area (Å²) in [6.07, 6.45) is 2.19. The maximum atomic E-state index is 12.8. The van der Waals surface area contributed by atoms with Crippen molar-refractivity contribution in [1.82, 2.24) is 10.2 Å². The van der Waals surface area contributed by atoms with Gasteiger partial charge in [0.05, 0.1) is 0 Å². The highest BCUT2D eigenvalue weighted by molar-refractivity contribution is 7.90. The summed E-state index contributed by atoms with van der Waals surface area (Å²) in [5, 5.41) is 3.65. The Morgan fingerprint density at radius 3 is 2.71 bits per heavy atom. The molecular weight excluding hydrogens is 398 g/mol. The molecule has 4 rings (SSSR count). The van der Waals surface area contributed by atoms with Crippen LogP contribution in [0.1, 0.15) is 24.0 Å². The minimum atomic E-state index is -3.69. The van der Waals surface area contributed by atoms with E-state index in [1.165, 1.54) is 0 Å². The molecule has 1 fully saturated rings. The summed E-state index contributed by atoms with van der Waals surface area (Å²) < 4.78 is 28.6. The fourth-order valence-corrected chi connectivity index (χ4v) is 5.03. The number of likely N-dealkylation sites (tertiary alicyclic amines) is 1. The second kappa shape index (κ2) is 7.56. The van der Waals surface area contributed by atoms with E-state index >= 15 is 0 Å². The lowest BCUT2D eigenvalue weighted by molar-refractivity contribution is -0.124. The van der Waals surface area contributed by atoms with Crippen molar-refractivity contribution in [1.29, 1.82) is 0 Å². The second-order valence-corrected chi connectivity index (χ2v) is 8.91. The fraction of sp³-hybridized carbons (Fsp3) is 0.300. The Morgan fingerprint density at radius 2 is 1.93 bits per heavy atom. The highest BCUT2D eigenvalue weighted by atomic mass is 35.5. The molecule has 2 aromatic rings. The lowest BCUT2D eigenvalue weighted by Crippen LogP contribution is -2.46. The summed E-state index contributed by atoms with van der Waals surface area (Å²) in [4.78, 5) is 14.8. The maximum absolute atomic E-state index is 12.8. The quantitative estimate of drug-likeness (QED) is 0.829. The number of amides is 1. The zero-order chi connectivity index (χ0) is 19.7. The highest BCUT2D eigenvalue weighted by Gasteiger charge is 2.38. The van der Waals surface area contributed by atoms with Crippen LogP contribution in [-0.2, 0) is 21.2 Å². The molecule has 8 heteroatoms. The molecule has 6 nitrogen and oxygen atoms in total. The van der Waals surface area contributed by atoms with E-state index in [0.29, 0.717) is 42.4 Å². The van der Waals surface area contributed by atoms with Gasteiger partial charge in [-0.3, -0.25) is 4.79 Å². The molecule has 28 heavy (non-hydrogen) atoms. The third-order valence-electron chi connectivity index (χ3n) is 5.07. The fourth-order valence-electron chi connectivity index (χ4n) is 3.69. The molecule has 0 bridgehead atoms. The van der Waals surface area contributed by atoms with Crippen molar-refractivity contribution in [3.63, 3.8) is 0 Å². The molecule has 0 unspecified atom stereocenters. The third-order valence-corrected chi connectivity index (χ3v) is 6.64. The number of hydrogen-bond acceptors (Lipinski definition) is 4. The molecule has 0 aliphatic carbocycles. The number of nitrogens with one attached hydrogen (secondary N) is 1. The average Bonchev–Trinajstić information content (AvgIpc) is 3.26. The number of nitrogens with zero attached hydrogens (tertiary/aromatic N) is 2. The number of fused-ring (bicyclic) bond motifs is 1. The van der Waals surface area contributed by atoms with Crippen molar-refractivity contribution >= 4 is 33.4 Å². The van der Waals surface area contributed by atoms with E-state index in [0.717, 1.165) is 12.0 Å². The molecule has 2 heterocycles. The predicted octanol–water partition coefficient (Wildman–Crippen LogP) is 2.61. The van der Waals surface area contributed by atoms with Crippen molar-refractivity contribution in [2.24, 2.45) is 4.40 Å². The van der Waals surface area contributed by atoms with E-state index in [9.17, 15) is 13.2 Å². The van der Waals surface area contributed by atoms with E-state index in [2.05, 4.69) is 9.71 Å². The predicted molar refractivity (Wildman–Crippen MR) is 108 cm³/mol. The molecule has 2 aromatic carbocycles. The first kappa shape index (κ1) is 19.0. The molecular formula is C20H20ClN3O3S. The summed E-state index contributed by atoms with van der Waals surface area (Å²) >= 11 is 5.89. The summed E-state index contributed by atoms with van der Waals surface area (Å²) in [6.45, 7) is 1.12. The number of hydrogen-bond donors (Lipinski definition) is 1. The van der Waals surface area contributed by atoms with E-state index in [1.807, 2.05) is 29.2 Å². The molecule has 0 saturated carbocycles. The third kappa shape index (κ3) is 3.64. The molecule has 1 N–H and O–H groups in total. The van der Waals surface area contributed by atoms with E-state index in [-0.39, 0.29) is 10.8 Å². The summed E-state index contributed by atoms with van der Waals surface area (Å²) in [5.41, 5.74) is 1.66. The first-order valence-electron chi connectivity index (χ1n) is 9.19. The SMILES string of the molecule is O=C(NCCc1ccc(Cl)cc1)[C@@H]1CCCN1C1=NS(=O)(=O)c2ccccc21. The van der Waals surface area contributed by atoms with Crippen molar-refractivity contribution in [2.75, 3.05) is 13.1 Å². The number of rotatable bonds is 4. The monoisotopic (exact) mass is 417 g/mol. The van der Waals surface area contributed by atoms with Gasteiger partial charge in [0.2, 0.25) is 5.91 Å². The van der Waals surface area contributed by atoms with Gasteiger partial charge in [0, 0.05) is 23.7 Å². The molecule has 1 atom stereocenters. The standard InChI is InChI=1S/C20H20ClN3O3S/c21-15-9-7-14(8-10-15)11-12-22-20(25)17-5-3-13-24(17)19-16-4-1-2-6-18(16)28(26,27)23-19/h1-2,4,6-10,17H,3,5,11-13H2,(H,22,25)/t17-/m0/s1. The van der Waals surface area contributed by atoms with Crippen molar-refractivity contribution in [3.8, 4) is 0 Å². The van der Waals surface area contributed by atoms with Crippen LogP contribution in [0.2, 0.25) is 5.02 Å². The molecule has 0 spiro atoms. The summed E-state index contributed by atoms with van der Waals surface area (Å²) in [6, 6.07) is 13.9. The van der Waals surface area contributed by atoms with Crippen molar-refractivity contribution in [3.05, 3.63) is 64.7 Å². The number of amidine groups is 1. The van der Waals surface area contributed by atoms with Gasteiger partial charge in [0.25, 0.3) is 10.0 Å². The van der Waals surface area contributed by atoms with Gasteiger partial charge < -0.3 is 10.2 Å². The Morgan fingerprint density at radius 1 is 1.18 bits per heavy atom. The van der Waals surface area contributed by atoms with Crippen LogP contribution < -0.4 is 5.32 Å². The highest BCUT2D eigenvalue weighted by Crippen LogP contribution is 2.31. The summed E-state index contributed by atoms with van der Waals surface area (Å²) in [5.74, 6) is 0.280. The largest absolute Gasteiger partial charge is 0.354 e. The summed E-state index contributed by atoms with van der Waals surface area (Å²) in [7, 11) is -3.69. The number of sulfonamides is 1. The van der Waals surface area contributed by atoms with Crippen LogP contribution in [0.5, 0.6) is 0 Å². The van der Waals surface area contributed by atoms with Gasteiger partial charge in [-0.2, -0.15) is 8.42 Å². The number of carbonyl (C=O) groups is 1. The van der Waals surface area contributed by atoms with Crippen molar-refractivity contribution < 1.29 is 13.2 Å². The molecule has 1 saturated heterocycles. The Labute approximate surface area is 169 Å². The molecule has 146 valence electrons. The zero-order valence-electron chi connectivity index (χ0n) is 15.1. The molecule has 2 aliphatic heterocycles. The zero-order valence-corrected chi connectivity index (χ0v) is 16.7. The molecule has 0 radical (unpaired) electrons. The minimum absolute atomic E-state index is 0.101. The Balaban J connectivity index is 1.45. The van der Waals surface area contributed by atoms with E-state index < -0.39 is 16.1 Å². The Bertz CT molecular complexity index is 1030. The normalized spacial score (nSPS) is 20.0. The van der Waals surface area contributed by atoms with Crippen LogP contribution in [0.4, 0.5) is 0 Å². The minimum Gasteiger partial charge on any atom is -0.354 e. The smallest absolute Gasteiger partial charge is 0.285 e. The average molecular weight is 418 g/mol. The van der Waals surface area contributed by atoms with Gasteiger partial charge in [-0.1, -0.05) is 35.9 Å². The molecule has 2 aliphatic rings. The Kier molecular flexibility index (Phi) is 5.12. The first-order valence-corrected chi connectivity index (χ1v) is 11.0. The van der Waals surface area contributed by atoms with Gasteiger partial charge in [0.15, 0.2) is 5.84 Å². The van der Waals surface area contributed by atoms with Crippen LogP contribution in [0.3, 0.4) is 0 Å². The topological polar surface area (TPSA) is 78.8 Å². The lowest BCUT2D eigenvalue weighted by atomic mass is 10.1. The van der Waals surface area contributed by atoms with Gasteiger partial charge in [0.1, 0.15) is 10.9 Å². The van der Waals surface area contributed by atoms with Crippen LogP contribution in [-0.4, -0.2) is 44.2 Å². The molecule has 0 aromatic heterocycles. The van der Waals surface area contributed by atoms with Crippen LogP contribution in [0.25, 0.3) is 0 Å². The van der Waals surface area contributed by atoms with Gasteiger partial charge >= 0.3 is 0 Å². The van der Waals surface area contributed by atoms with Crippen LogP contribution in [0.15, 0.2) is 57.8 Å². The number of carbonyl (C=O) groups excluding carboxylic acids is 1. The van der Waals surface area contributed by atoms with Gasteiger partial charge in [-0.25, -0.2) is 0 Å². The molecule has 1 amide bonds. The number of benzene rings is 2. The second-order valence-electron chi connectivity index (χ2n) is 6.91. The first-order chi connectivity index (χ1) is 13.5. The van der Waals surface area contributed by atoms with E-state index in [4.69, 9.17) is 11.6 Å². The van der Waals surface area contributed by atoms with E-state index in [1.54, 1.807) is 24.3 Å². The maximum Gasteiger partial charge on any atom is 0.285 e. The lowest BCUT2D eigenvalue weighted by Gasteiger charge is -2.25. The number of halogens is 1. The van der Waals surface area contributed by atoms with Crippen LogP contribution in [0, 0.1) is 0 Å². The van der Waals surface area contributed by atoms with Gasteiger partial charge in [-0.15, -0.1) is 4.40 Å². The van der Waals surface area contributed by atoms with Crippen molar-refractivity contribution in [2.45, 2.75) is 30.2 Å².